The van der Waals surface area contributed by atoms with E-state index in [2.05, 4.69) is 69.3 Å². The zero-order chi connectivity index (χ0) is 13.4. The molecule has 1 N–H and O–H groups in total. The van der Waals surface area contributed by atoms with E-state index in [0.717, 1.165) is 16.7 Å². The van der Waals surface area contributed by atoms with Crippen LogP contribution in [-0.4, -0.2) is 14.5 Å². The van der Waals surface area contributed by atoms with Crippen LogP contribution in [0.25, 0.3) is 28.0 Å². The summed E-state index contributed by atoms with van der Waals surface area (Å²) >= 11 is 0. The van der Waals surface area contributed by atoms with Gasteiger partial charge in [0.05, 0.1) is 23.1 Å². The number of nitrogens with zero attached hydrogens (tertiary/aromatic N) is 2. The van der Waals surface area contributed by atoms with E-state index >= 15 is 0 Å². The fraction of sp³-hybridized carbons (Fsp3) is 0. The average Bonchev–Trinajstić information content (AvgIpc) is 3.16. The molecule has 3 heteroatoms. The Kier molecular flexibility index (Phi) is 2.42. The van der Waals surface area contributed by atoms with Crippen molar-refractivity contribution in [2.24, 2.45) is 0 Å². The Labute approximate surface area is 116 Å². The van der Waals surface area contributed by atoms with Crippen LogP contribution in [-0.2, 0) is 0 Å². The molecule has 4 rings (SSSR count). The maximum absolute atomic E-state index is 4.26. The molecule has 0 aliphatic rings. The summed E-state index contributed by atoms with van der Waals surface area (Å²) in [4.78, 5) is 7.41. The molecule has 2 aromatic carbocycles. The van der Waals surface area contributed by atoms with Crippen molar-refractivity contribution in [2.45, 2.75) is 0 Å². The number of aromatic nitrogens is 3. The first-order valence-electron chi connectivity index (χ1n) is 6.58. The van der Waals surface area contributed by atoms with Gasteiger partial charge in [0.2, 0.25) is 0 Å². The van der Waals surface area contributed by atoms with Crippen LogP contribution in [0.15, 0.2) is 73.2 Å². The number of benzene rings is 2. The van der Waals surface area contributed by atoms with Gasteiger partial charge in [0.15, 0.2) is 0 Å². The quantitative estimate of drug-likeness (QED) is 0.579. The molecule has 20 heavy (non-hydrogen) atoms. The highest BCUT2D eigenvalue weighted by Crippen LogP contribution is 2.24. The van der Waals surface area contributed by atoms with Gasteiger partial charge in [-0.2, -0.15) is 0 Å². The van der Waals surface area contributed by atoms with Crippen molar-refractivity contribution in [1.29, 1.82) is 0 Å². The fourth-order valence-electron chi connectivity index (χ4n) is 2.52. The lowest BCUT2D eigenvalue weighted by atomic mass is 10.1. The molecule has 2 heterocycles. The Hall–Kier alpha value is -2.81. The number of aromatic amines is 1. The molecule has 0 unspecified atom stereocenters. The standard InChI is InChI=1S/C17H13N3/c1-2-5-13(6-3-1)17-7-4-10-20(17)14-8-9-15-16(11-14)19-12-18-15/h1-12H,(H,18,19). The predicted molar refractivity (Wildman–Crippen MR) is 80.9 cm³/mol. The number of H-pyrrole nitrogens is 1. The summed E-state index contributed by atoms with van der Waals surface area (Å²) in [5.74, 6) is 0. The Balaban J connectivity index is 1.88. The number of rotatable bonds is 2. The van der Waals surface area contributed by atoms with Gasteiger partial charge < -0.3 is 9.55 Å². The summed E-state index contributed by atoms with van der Waals surface area (Å²) in [5, 5.41) is 0. The molecular weight excluding hydrogens is 246 g/mol. The van der Waals surface area contributed by atoms with E-state index in [4.69, 9.17) is 0 Å². The molecule has 0 bridgehead atoms. The first kappa shape index (κ1) is 11.1. The SMILES string of the molecule is c1ccc(-c2cccn2-c2ccc3nc[nH]c3c2)cc1. The van der Waals surface area contributed by atoms with Crippen molar-refractivity contribution in [3.63, 3.8) is 0 Å². The normalized spacial score (nSPS) is 11.0. The fourth-order valence-corrected chi connectivity index (χ4v) is 2.52. The highest BCUT2D eigenvalue weighted by Gasteiger charge is 2.06. The smallest absolute Gasteiger partial charge is 0.0931 e. The third-order valence-electron chi connectivity index (χ3n) is 3.50. The lowest BCUT2D eigenvalue weighted by Gasteiger charge is -2.09. The molecular formula is C17H13N3. The molecule has 0 aliphatic heterocycles. The second-order valence-corrected chi connectivity index (χ2v) is 4.73. The largest absolute Gasteiger partial charge is 0.345 e. The van der Waals surface area contributed by atoms with Crippen molar-refractivity contribution in [3.05, 3.63) is 73.2 Å². The van der Waals surface area contributed by atoms with E-state index in [1.54, 1.807) is 6.33 Å². The van der Waals surface area contributed by atoms with Gasteiger partial charge in [-0.1, -0.05) is 30.3 Å². The molecule has 96 valence electrons. The van der Waals surface area contributed by atoms with Gasteiger partial charge in [0.1, 0.15) is 0 Å². The lowest BCUT2D eigenvalue weighted by molar-refractivity contribution is 1.09. The summed E-state index contributed by atoms with van der Waals surface area (Å²) in [5.41, 5.74) is 5.56. The second kappa shape index (κ2) is 4.38. The molecule has 0 aliphatic carbocycles. The van der Waals surface area contributed by atoms with Crippen LogP contribution in [0, 0.1) is 0 Å². The molecule has 3 nitrogen and oxygen atoms in total. The summed E-state index contributed by atoms with van der Waals surface area (Å²) in [7, 11) is 0. The lowest BCUT2D eigenvalue weighted by Crippen LogP contribution is -1.94. The Morgan fingerprint density at radius 1 is 0.900 bits per heavy atom. The highest BCUT2D eigenvalue weighted by atomic mass is 15.0. The number of nitrogens with one attached hydrogen (secondary N) is 1. The van der Waals surface area contributed by atoms with Gasteiger partial charge in [-0.15, -0.1) is 0 Å². The van der Waals surface area contributed by atoms with Gasteiger partial charge in [-0.25, -0.2) is 4.98 Å². The van der Waals surface area contributed by atoms with E-state index in [1.807, 2.05) is 12.1 Å². The Morgan fingerprint density at radius 2 is 1.80 bits per heavy atom. The highest BCUT2D eigenvalue weighted by molar-refractivity contribution is 5.77. The summed E-state index contributed by atoms with van der Waals surface area (Å²) in [6, 6.07) is 20.9. The van der Waals surface area contributed by atoms with Crippen molar-refractivity contribution >= 4 is 11.0 Å². The molecule has 0 spiro atoms. The van der Waals surface area contributed by atoms with Crippen molar-refractivity contribution in [1.82, 2.24) is 14.5 Å². The van der Waals surface area contributed by atoms with Crippen LogP contribution in [0.4, 0.5) is 0 Å². The number of hydrogen-bond donors (Lipinski definition) is 1. The average molecular weight is 259 g/mol. The third-order valence-corrected chi connectivity index (χ3v) is 3.50. The van der Waals surface area contributed by atoms with Crippen molar-refractivity contribution < 1.29 is 0 Å². The van der Waals surface area contributed by atoms with Crippen LogP contribution in [0.5, 0.6) is 0 Å². The summed E-state index contributed by atoms with van der Waals surface area (Å²) in [6.45, 7) is 0. The second-order valence-electron chi connectivity index (χ2n) is 4.73. The van der Waals surface area contributed by atoms with E-state index in [1.165, 1.54) is 11.3 Å². The predicted octanol–water partition coefficient (Wildman–Crippen LogP) is 4.02. The first-order chi connectivity index (χ1) is 9.92. The topological polar surface area (TPSA) is 33.6 Å². The molecule has 2 aromatic heterocycles. The van der Waals surface area contributed by atoms with Gasteiger partial charge >= 0.3 is 0 Å². The van der Waals surface area contributed by atoms with Gasteiger partial charge in [0.25, 0.3) is 0 Å². The number of hydrogen-bond acceptors (Lipinski definition) is 1. The van der Waals surface area contributed by atoms with Gasteiger partial charge in [0, 0.05) is 11.9 Å². The minimum atomic E-state index is 0.988. The molecule has 0 amide bonds. The van der Waals surface area contributed by atoms with E-state index in [-0.39, 0.29) is 0 Å². The van der Waals surface area contributed by atoms with Crippen LogP contribution < -0.4 is 0 Å². The molecule has 0 atom stereocenters. The number of fused-ring (bicyclic) bond motifs is 1. The first-order valence-corrected chi connectivity index (χ1v) is 6.58. The zero-order valence-corrected chi connectivity index (χ0v) is 10.8. The van der Waals surface area contributed by atoms with E-state index in [9.17, 15) is 0 Å². The monoisotopic (exact) mass is 259 g/mol. The molecule has 0 saturated heterocycles. The van der Waals surface area contributed by atoms with Gasteiger partial charge in [-0.05, 0) is 35.9 Å². The molecule has 0 radical (unpaired) electrons. The minimum Gasteiger partial charge on any atom is -0.345 e. The summed E-state index contributed by atoms with van der Waals surface area (Å²) < 4.78 is 2.19. The van der Waals surface area contributed by atoms with E-state index in [0.29, 0.717) is 0 Å². The Morgan fingerprint density at radius 3 is 2.70 bits per heavy atom. The maximum Gasteiger partial charge on any atom is 0.0931 e. The third kappa shape index (κ3) is 1.72. The molecule has 0 saturated carbocycles. The Bertz CT molecular complexity index is 856. The zero-order valence-electron chi connectivity index (χ0n) is 10.8. The van der Waals surface area contributed by atoms with E-state index < -0.39 is 0 Å². The van der Waals surface area contributed by atoms with Gasteiger partial charge in [-0.3, -0.25) is 0 Å². The van der Waals surface area contributed by atoms with Crippen LogP contribution in [0.2, 0.25) is 0 Å². The molecule has 0 fully saturated rings. The maximum atomic E-state index is 4.26. The molecule has 4 aromatic rings. The van der Waals surface area contributed by atoms with Crippen molar-refractivity contribution in [2.75, 3.05) is 0 Å². The van der Waals surface area contributed by atoms with Crippen molar-refractivity contribution in [3.8, 4) is 16.9 Å². The minimum absolute atomic E-state index is 0.988. The van der Waals surface area contributed by atoms with Crippen LogP contribution in [0.1, 0.15) is 0 Å². The van der Waals surface area contributed by atoms with Crippen LogP contribution in [0.3, 0.4) is 0 Å². The summed E-state index contributed by atoms with van der Waals surface area (Å²) in [6.07, 6.45) is 3.81. The van der Waals surface area contributed by atoms with Crippen LogP contribution >= 0.6 is 0 Å². The number of imidazole rings is 1.